The molecule has 0 aliphatic carbocycles. The van der Waals surface area contributed by atoms with Gasteiger partial charge in [0, 0.05) is 12.6 Å². The van der Waals surface area contributed by atoms with Gasteiger partial charge in [-0.05, 0) is 19.8 Å². The van der Waals surface area contributed by atoms with Crippen molar-refractivity contribution < 1.29 is 0 Å². The molecule has 0 aliphatic rings. The molecule has 100 valence electrons. The van der Waals surface area contributed by atoms with E-state index in [9.17, 15) is 0 Å². The van der Waals surface area contributed by atoms with Gasteiger partial charge in [0.15, 0.2) is 0 Å². The second-order valence-corrected chi connectivity index (χ2v) is 5.13. The Hall–Kier alpha value is -0.550. The van der Waals surface area contributed by atoms with E-state index in [1.807, 2.05) is 6.92 Å². The lowest BCUT2D eigenvalue weighted by Gasteiger charge is -2.19. The topological polar surface area (TPSA) is 35.8 Å². The predicted molar refractivity (Wildman–Crippen MR) is 74.9 cm³/mol. The molecule has 1 N–H and O–H groups in total. The molecule has 0 amide bonds. The molecule has 2 heteroatoms. The Morgan fingerprint density at radius 1 is 1.00 bits per heavy atom. The van der Waals surface area contributed by atoms with E-state index >= 15 is 0 Å². The molecule has 0 radical (unpaired) electrons. The van der Waals surface area contributed by atoms with Crippen molar-refractivity contribution in [1.29, 1.82) is 5.26 Å². The predicted octanol–water partition coefficient (Wildman–Crippen LogP) is 4.26. The summed E-state index contributed by atoms with van der Waals surface area (Å²) in [6.45, 7) is 7.33. The van der Waals surface area contributed by atoms with E-state index in [4.69, 9.17) is 5.26 Å². The van der Waals surface area contributed by atoms with Crippen molar-refractivity contribution in [3.05, 3.63) is 0 Å². The van der Waals surface area contributed by atoms with E-state index in [0.29, 0.717) is 6.04 Å². The fourth-order valence-corrected chi connectivity index (χ4v) is 2.02. The number of unbranched alkanes of at least 4 members (excludes halogenated alkanes) is 4. The monoisotopic (exact) mass is 238 g/mol. The summed E-state index contributed by atoms with van der Waals surface area (Å²) < 4.78 is 0. The van der Waals surface area contributed by atoms with Gasteiger partial charge >= 0.3 is 0 Å². The number of hydrogen-bond acceptors (Lipinski definition) is 2. The van der Waals surface area contributed by atoms with Gasteiger partial charge in [0.1, 0.15) is 0 Å². The lowest BCUT2D eigenvalue weighted by molar-refractivity contribution is 0.406. The van der Waals surface area contributed by atoms with Crippen LogP contribution in [0.5, 0.6) is 0 Å². The Labute approximate surface area is 108 Å². The lowest BCUT2D eigenvalue weighted by atomic mass is 10.0. The van der Waals surface area contributed by atoms with Crippen LogP contribution in [-0.4, -0.2) is 12.6 Å². The highest BCUT2D eigenvalue weighted by Gasteiger charge is 2.09. The molecular formula is C15H30N2. The van der Waals surface area contributed by atoms with E-state index in [0.717, 1.165) is 6.54 Å². The van der Waals surface area contributed by atoms with Crippen molar-refractivity contribution in [2.24, 2.45) is 5.92 Å². The molecule has 0 aliphatic heterocycles. The van der Waals surface area contributed by atoms with Gasteiger partial charge in [0.05, 0.1) is 12.0 Å². The van der Waals surface area contributed by atoms with Crippen LogP contribution >= 0.6 is 0 Å². The molecular weight excluding hydrogens is 208 g/mol. The molecule has 0 spiro atoms. The van der Waals surface area contributed by atoms with Gasteiger partial charge in [0.25, 0.3) is 0 Å². The average Bonchev–Trinajstić information content (AvgIpc) is 2.35. The molecule has 17 heavy (non-hydrogen) atoms. The Balaban J connectivity index is 3.80. The molecule has 0 aromatic carbocycles. The summed E-state index contributed by atoms with van der Waals surface area (Å²) in [6, 6.07) is 2.92. The van der Waals surface area contributed by atoms with Crippen molar-refractivity contribution in [1.82, 2.24) is 5.32 Å². The first-order valence-electron chi connectivity index (χ1n) is 7.37. The fraction of sp³-hybridized carbons (Fsp3) is 0.933. The van der Waals surface area contributed by atoms with Gasteiger partial charge in [-0.2, -0.15) is 5.26 Å². The van der Waals surface area contributed by atoms with Gasteiger partial charge < -0.3 is 5.32 Å². The average molecular weight is 238 g/mol. The van der Waals surface area contributed by atoms with Gasteiger partial charge in [-0.3, -0.25) is 0 Å². The first-order chi connectivity index (χ1) is 8.24. The Kier molecular flexibility index (Phi) is 11.5. The quantitative estimate of drug-likeness (QED) is 0.546. The van der Waals surface area contributed by atoms with Crippen LogP contribution in [0.15, 0.2) is 0 Å². The van der Waals surface area contributed by atoms with Gasteiger partial charge in [-0.25, -0.2) is 0 Å². The minimum atomic E-state index is 0.134. The van der Waals surface area contributed by atoms with E-state index in [2.05, 4.69) is 25.2 Å². The smallest absolute Gasteiger partial charge is 0.0666 e. The van der Waals surface area contributed by atoms with Crippen LogP contribution in [0.1, 0.15) is 72.1 Å². The maximum atomic E-state index is 8.79. The summed E-state index contributed by atoms with van der Waals surface area (Å²) >= 11 is 0. The third kappa shape index (κ3) is 10.3. The molecule has 0 aromatic rings. The summed E-state index contributed by atoms with van der Waals surface area (Å²) in [5, 5.41) is 12.4. The third-order valence-electron chi connectivity index (χ3n) is 3.25. The summed E-state index contributed by atoms with van der Waals surface area (Å²) in [4.78, 5) is 0. The van der Waals surface area contributed by atoms with Crippen LogP contribution in [0.3, 0.4) is 0 Å². The SMILES string of the molecule is CCCCCC(CCCCC)NCC(C)C#N. The second-order valence-electron chi connectivity index (χ2n) is 5.13. The van der Waals surface area contributed by atoms with Crippen molar-refractivity contribution >= 4 is 0 Å². The number of nitrogens with zero attached hydrogens (tertiary/aromatic N) is 1. The lowest BCUT2D eigenvalue weighted by Crippen LogP contribution is -2.32. The Morgan fingerprint density at radius 2 is 1.53 bits per heavy atom. The molecule has 1 unspecified atom stereocenters. The highest BCUT2D eigenvalue weighted by molar-refractivity contribution is 4.81. The highest BCUT2D eigenvalue weighted by Crippen LogP contribution is 2.11. The first-order valence-corrected chi connectivity index (χ1v) is 7.37. The summed E-state index contributed by atoms with van der Waals surface area (Å²) in [5.41, 5.74) is 0. The first kappa shape index (κ1) is 16.4. The van der Waals surface area contributed by atoms with E-state index in [1.54, 1.807) is 0 Å². The molecule has 1 atom stereocenters. The zero-order valence-electron chi connectivity index (χ0n) is 12.0. The molecule has 0 bridgehead atoms. The van der Waals surface area contributed by atoms with Crippen molar-refractivity contribution in [3.8, 4) is 6.07 Å². The number of rotatable bonds is 11. The fourth-order valence-electron chi connectivity index (χ4n) is 2.02. The minimum absolute atomic E-state index is 0.134. The number of nitriles is 1. The molecule has 0 heterocycles. The minimum Gasteiger partial charge on any atom is -0.313 e. The normalized spacial score (nSPS) is 12.6. The van der Waals surface area contributed by atoms with Crippen LogP contribution in [-0.2, 0) is 0 Å². The Bertz CT molecular complexity index is 186. The van der Waals surface area contributed by atoms with Crippen LogP contribution in [0.2, 0.25) is 0 Å². The summed E-state index contributed by atoms with van der Waals surface area (Å²) in [6.07, 6.45) is 10.4. The second kappa shape index (κ2) is 11.9. The standard InChI is InChI=1S/C15H30N2/c1-4-6-8-10-15(11-9-7-5-2)17-13-14(3)12-16/h14-15,17H,4-11,13H2,1-3H3. The van der Waals surface area contributed by atoms with E-state index < -0.39 is 0 Å². The number of hydrogen-bond donors (Lipinski definition) is 1. The van der Waals surface area contributed by atoms with Crippen LogP contribution in [0, 0.1) is 17.2 Å². The number of nitrogens with one attached hydrogen (secondary N) is 1. The molecule has 0 aromatic heterocycles. The van der Waals surface area contributed by atoms with Gasteiger partial charge in [-0.1, -0.05) is 52.4 Å². The van der Waals surface area contributed by atoms with E-state index in [1.165, 1.54) is 51.4 Å². The molecule has 0 saturated heterocycles. The maximum Gasteiger partial charge on any atom is 0.0666 e. The van der Waals surface area contributed by atoms with Crippen LogP contribution in [0.4, 0.5) is 0 Å². The van der Waals surface area contributed by atoms with Gasteiger partial charge in [0.2, 0.25) is 0 Å². The van der Waals surface area contributed by atoms with Crippen molar-refractivity contribution in [2.45, 2.75) is 78.2 Å². The van der Waals surface area contributed by atoms with Gasteiger partial charge in [-0.15, -0.1) is 0 Å². The molecule has 2 nitrogen and oxygen atoms in total. The van der Waals surface area contributed by atoms with E-state index in [-0.39, 0.29) is 5.92 Å². The summed E-state index contributed by atoms with van der Waals surface area (Å²) in [5.74, 6) is 0.134. The zero-order chi connectivity index (χ0) is 12.9. The van der Waals surface area contributed by atoms with Crippen LogP contribution in [0.25, 0.3) is 0 Å². The third-order valence-corrected chi connectivity index (χ3v) is 3.25. The molecule has 0 saturated carbocycles. The van der Waals surface area contributed by atoms with Crippen LogP contribution < -0.4 is 5.32 Å². The largest absolute Gasteiger partial charge is 0.313 e. The van der Waals surface area contributed by atoms with Crippen molar-refractivity contribution in [2.75, 3.05) is 6.54 Å². The Morgan fingerprint density at radius 3 is 1.94 bits per heavy atom. The van der Waals surface area contributed by atoms with Crippen molar-refractivity contribution in [3.63, 3.8) is 0 Å². The summed E-state index contributed by atoms with van der Waals surface area (Å²) in [7, 11) is 0. The molecule has 0 rings (SSSR count). The highest BCUT2D eigenvalue weighted by atomic mass is 14.9. The molecule has 0 fully saturated rings. The maximum absolute atomic E-state index is 8.79. The zero-order valence-corrected chi connectivity index (χ0v) is 12.0.